The zero-order chi connectivity index (χ0) is 18.8. The summed E-state index contributed by atoms with van der Waals surface area (Å²) in [7, 11) is 0. The molecule has 0 aliphatic carbocycles. The fourth-order valence-corrected chi connectivity index (χ4v) is 3.86. The molecule has 0 atom stereocenters. The SMILES string of the molecule is CCN(CC(=O)NC(C)(C)C)c1nc(C)nc2scc(CC(C)C)c12. The van der Waals surface area contributed by atoms with Crippen molar-refractivity contribution in [3.63, 3.8) is 0 Å². The first-order valence-electron chi connectivity index (χ1n) is 8.91. The Hall–Kier alpha value is -1.69. The molecule has 25 heavy (non-hydrogen) atoms. The Morgan fingerprint density at radius 2 is 2.00 bits per heavy atom. The van der Waals surface area contributed by atoms with E-state index in [0.29, 0.717) is 12.5 Å². The molecule has 0 spiro atoms. The second kappa shape index (κ2) is 7.68. The molecule has 1 N–H and O–H groups in total. The minimum atomic E-state index is -0.238. The third kappa shape index (κ3) is 5.14. The highest BCUT2D eigenvalue weighted by atomic mass is 32.1. The van der Waals surface area contributed by atoms with Crippen molar-refractivity contribution in [1.82, 2.24) is 15.3 Å². The van der Waals surface area contributed by atoms with Crippen LogP contribution in [0.2, 0.25) is 0 Å². The molecule has 0 aromatic carbocycles. The van der Waals surface area contributed by atoms with Gasteiger partial charge in [-0.25, -0.2) is 9.97 Å². The minimum Gasteiger partial charge on any atom is -0.350 e. The van der Waals surface area contributed by atoms with E-state index in [2.05, 4.69) is 41.4 Å². The zero-order valence-electron chi connectivity index (χ0n) is 16.4. The maximum atomic E-state index is 12.4. The van der Waals surface area contributed by atoms with Crippen molar-refractivity contribution < 1.29 is 4.79 Å². The van der Waals surface area contributed by atoms with E-state index >= 15 is 0 Å². The van der Waals surface area contributed by atoms with Gasteiger partial charge < -0.3 is 10.2 Å². The number of thiophene rings is 1. The molecule has 5 nitrogen and oxygen atoms in total. The molecule has 2 aromatic rings. The molecule has 2 aromatic heterocycles. The van der Waals surface area contributed by atoms with Gasteiger partial charge in [-0.2, -0.15) is 0 Å². The number of anilines is 1. The van der Waals surface area contributed by atoms with Crippen LogP contribution in [-0.4, -0.2) is 34.5 Å². The molecule has 0 aliphatic heterocycles. The van der Waals surface area contributed by atoms with Crippen LogP contribution in [0.1, 0.15) is 52.9 Å². The monoisotopic (exact) mass is 362 g/mol. The lowest BCUT2D eigenvalue weighted by atomic mass is 10.0. The molecule has 0 saturated heterocycles. The molecule has 0 fully saturated rings. The molecule has 0 bridgehead atoms. The molecule has 2 heterocycles. The lowest BCUT2D eigenvalue weighted by Crippen LogP contribution is -2.46. The molecule has 0 radical (unpaired) electrons. The first-order chi connectivity index (χ1) is 11.6. The predicted octanol–water partition coefficient (Wildman–Crippen LogP) is 3.94. The molecule has 2 rings (SSSR count). The number of nitrogens with one attached hydrogen (secondary N) is 1. The van der Waals surface area contributed by atoms with E-state index in [0.717, 1.165) is 34.8 Å². The van der Waals surface area contributed by atoms with Gasteiger partial charge in [-0.1, -0.05) is 13.8 Å². The summed E-state index contributed by atoms with van der Waals surface area (Å²) in [5, 5.41) is 6.33. The number of aromatic nitrogens is 2. The van der Waals surface area contributed by atoms with Crippen LogP contribution in [0, 0.1) is 12.8 Å². The molecule has 1 amide bonds. The maximum absolute atomic E-state index is 12.4. The molecular formula is C19H30N4OS. The summed E-state index contributed by atoms with van der Waals surface area (Å²) in [6.07, 6.45) is 0.991. The van der Waals surface area contributed by atoms with Gasteiger partial charge in [0.05, 0.1) is 11.9 Å². The topological polar surface area (TPSA) is 58.1 Å². The average Bonchev–Trinajstić information content (AvgIpc) is 2.84. The van der Waals surface area contributed by atoms with E-state index in [1.54, 1.807) is 11.3 Å². The molecular weight excluding hydrogens is 332 g/mol. The number of likely N-dealkylation sites (N-methyl/N-ethyl adjacent to an activating group) is 1. The number of rotatable bonds is 6. The first-order valence-corrected chi connectivity index (χ1v) is 9.79. The van der Waals surface area contributed by atoms with Crippen LogP contribution in [0.3, 0.4) is 0 Å². The normalized spacial score (nSPS) is 12.0. The van der Waals surface area contributed by atoms with Crippen molar-refractivity contribution >= 4 is 33.3 Å². The molecule has 138 valence electrons. The molecule has 0 unspecified atom stereocenters. The van der Waals surface area contributed by atoms with E-state index in [4.69, 9.17) is 4.98 Å². The van der Waals surface area contributed by atoms with Gasteiger partial charge in [0.25, 0.3) is 0 Å². The summed E-state index contributed by atoms with van der Waals surface area (Å²) >= 11 is 1.66. The van der Waals surface area contributed by atoms with Crippen LogP contribution in [0.25, 0.3) is 10.2 Å². The van der Waals surface area contributed by atoms with E-state index in [1.165, 1.54) is 5.56 Å². The van der Waals surface area contributed by atoms with Crippen LogP contribution < -0.4 is 10.2 Å². The number of aryl methyl sites for hydroxylation is 1. The van der Waals surface area contributed by atoms with Crippen LogP contribution in [0.15, 0.2) is 5.38 Å². The summed E-state index contributed by atoms with van der Waals surface area (Å²) in [6.45, 7) is 15.4. The highest BCUT2D eigenvalue weighted by molar-refractivity contribution is 7.17. The second-order valence-electron chi connectivity index (χ2n) is 7.95. The third-order valence-electron chi connectivity index (χ3n) is 3.76. The number of amides is 1. The fourth-order valence-electron chi connectivity index (χ4n) is 2.87. The molecule has 0 aliphatic rings. The van der Waals surface area contributed by atoms with E-state index in [1.807, 2.05) is 27.7 Å². The highest BCUT2D eigenvalue weighted by Gasteiger charge is 2.21. The number of carbonyl (C=O) groups is 1. The maximum Gasteiger partial charge on any atom is 0.239 e. The Morgan fingerprint density at radius 1 is 1.32 bits per heavy atom. The largest absolute Gasteiger partial charge is 0.350 e. The van der Waals surface area contributed by atoms with Crippen molar-refractivity contribution in [2.45, 2.75) is 60.4 Å². The van der Waals surface area contributed by atoms with Crippen LogP contribution >= 0.6 is 11.3 Å². The van der Waals surface area contributed by atoms with Gasteiger partial charge in [0.1, 0.15) is 16.5 Å². The smallest absolute Gasteiger partial charge is 0.239 e. The number of hydrogen-bond donors (Lipinski definition) is 1. The zero-order valence-corrected chi connectivity index (χ0v) is 17.3. The van der Waals surface area contributed by atoms with E-state index in [9.17, 15) is 4.79 Å². The van der Waals surface area contributed by atoms with E-state index < -0.39 is 0 Å². The Kier molecular flexibility index (Phi) is 6.03. The van der Waals surface area contributed by atoms with Gasteiger partial charge in [0.2, 0.25) is 5.91 Å². The highest BCUT2D eigenvalue weighted by Crippen LogP contribution is 2.33. The Labute approximate surface area is 154 Å². The lowest BCUT2D eigenvalue weighted by Gasteiger charge is -2.26. The molecule has 6 heteroatoms. The van der Waals surface area contributed by atoms with Gasteiger partial charge >= 0.3 is 0 Å². The number of carbonyl (C=O) groups excluding carboxylic acids is 1. The quantitative estimate of drug-likeness (QED) is 0.845. The number of fused-ring (bicyclic) bond motifs is 1. The third-order valence-corrected chi connectivity index (χ3v) is 4.68. The van der Waals surface area contributed by atoms with Gasteiger partial charge in [0, 0.05) is 12.1 Å². The van der Waals surface area contributed by atoms with Crippen molar-refractivity contribution in [3.8, 4) is 0 Å². The summed E-state index contributed by atoms with van der Waals surface area (Å²) in [5.74, 6) is 2.20. The van der Waals surface area contributed by atoms with E-state index in [-0.39, 0.29) is 11.4 Å². The summed E-state index contributed by atoms with van der Waals surface area (Å²) < 4.78 is 0. The van der Waals surface area contributed by atoms with Crippen molar-refractivity contribution in [1.29, 1.82) is 0 Å². The van der Waals surface area contributed by atoms with Crippen LogP contribution in [0.4, 0.5) is 5.82 Å². The fraction of sp³-hybridized carbons (Fsp3) is 0.632. The number of hydrogen-bond acceptors (Lipinski definition) is 5. The van der Waals surface area contributed by atoms with Gasteiger partial charge in [-0.3, -0.25) is 4.79 Å². The first kappa shape index (κ1) is 19.6. The van der Waals surface area contributed by atoms with Gasteiger partial charge in [0.15, 0.2) is 0 Å². The summed E-state index contributed by atoms with van der Waals surface area (Å²) in [6, 6.07) is 0. The van der Waals surface area contributed by atoms with Crippen molar-refractivity contribution in [2.75, 3.05) is 18.0 Å². The predicted molar refractivity (Wildman–Crippen MR) is 106 cm³/mol. The number of nitrogens with zero attached hydrogens (tertiary/aromatic N) is 3. The summed E-state index contributed by atoms with van der Waals surface area (Å²) in [4.78, 5) is 24.8. The van der Waals surface area contributed by atoms with Crippen molar-refractivity contribution in [3.05, 3.63) is 16.8 Å². The van der Waals surface area contributed by atoms with Gasteiger partial charge in [-0.05, 0) is 57.9 Å². The van der Waals surface area contributed by atoms with Crippen LogP contribution in [0.5, 0.6) is 0 Å². The molecule has 0 saturated carbocycles. The lowest BCUT2D eigenvalue weighted by molar-refractivity contribution is -0.121. The second-order valence-corrected chi connectivity index (χ2v) is 8.80. The van der Waals surface area contributed by atoms with Crippen LogP contribution in [-0.2, 0) is 11.2 Å². The van der Waals surface area contributed by atoms with Crippen molar-refractivity contribution in [2.24, 2.45) is 5.92 Å². The standard InChI is InChI=1S/C19H30N4OS/c1-8-23(10-15(24)22-19(5,6)7)17-16-14(9-12(2)3)11-25-18(16)21-13(4)20-17/h11-12H,8-10H2,1-7H3,(H,22,24). The minimum absolute atomic E-state index is 0.0133. The Bertz CT molecular complexity index is 746. The Balaban J connectivity index is 2.42. The Morgan fingerprint density at radius 3 is 2.56 bits per heavy atom. The van der Waals surface area contributed by atoms with Gasteiger partial charge in [-0.15, -0.1) is 11.3 Å². The average molecular weight is 363 g/mol. The summed E-state index contributed by atoms with van der Waals surface area (Å²) in [5.41, 5.74) is 1.04.